The topological polar surface area (TPSA) is 108 Å². The van der Waals surface area contributed by atoms with E-state index in [1.165, 1.54) is 13.0 Å². The van der Waals surface area contributed by atoms with Gasteiger partial charge in [0, 0.05) is 0 Å². The molecule has 108 valence electrons. The van der Waals surface area contributed by atoms with Crippen LogP contribution in [0.5, 0.6) is 5.75 Å². The first-order valence-electron chi connectivity index (χ1n) is 5.98. The molecule has 0 saturated heterocycles. The van der Waals surface area contributed by atoms with Gasteiger partial charge in [-0.1, -0.05) is 12.1 Å². The lowest BCUT2D eigenvalue weighted by atomic mass is 10.2. The van der Waals surface area contributed by atoms with Crippen molar-refractivity contribution in [3.05, 3.63) is 29.8 Å². The molecule has 0 aliphatic carbocycles. The minimum Gasteiger partial charge on any atom is -0.493 e. The number of rotatable bonds is 5. The quantitative estimate of drug-likeness (QED) is 0.776. The van der Waals surface area contributed by atoms with E-state index in [0.29, 0.717) is 12.4 Å². The van der Waals surface area contributed by atoms with Crippen molar-refractivity contribution in [2.75, 3.05) is 6.61 Å². The number of amides is 3. The van der Waals surface area contributed by atoms with Gasteiger partial charge in [-0.3, -0.25) is 10.1 Å². The molecule has 1 rings (SSSR count). The van der Waals surface area contributed by atoms with Crippen molar-refractivity contribution >= 4 is 17.9 Å². The molecule has 1 atom stereocenters. The van der Waals surface area contributed by atoms with Crippen LogP contribution in [-0.4, -0.2) is 30.6 Å². The molecule has 0 spiro atoms. The van der Waals surface area contributed by atoms with Crippen molar-refractivity contribution in [2.45, 2.75) is 20.0 Å². The van der Waals surface area contributed by atoms with Crippen LogP contribution in [0.15, 0.2) is 24.3 Å². The van der Waals surface area contributed by atoms with Gasteiger partial charge >= 0.3 is 12.0 Å². The van der Waals surface area contributed by atoms with E-state index in [1.807, 2.05) is 5.32 Å². The predicted octanol–water partition coefficient (Wildman–Crippen LogP) is 0.826. The van der Waals surface area contributed by atoms with Crippen LogP contribution < -0.4 is 15.8 Å². The zero-order valence-electron chi connectivity index (χ0n) is 11.2. The Hall–Kier alpha value is -2.57. The Labute approximate surface area is 116 Å². The maximum absolute atomic E-state index is 11.9. The summed E-state index contributed by atoms with van der Waals surface area (Å²) in [6.07, 6.45) is -1.15. The molecule has 7 nitrogen and oxygen atoms in total. The van der Waals surface area contributed by atoms with Crippen LogP contribution in [-0.2, 0) is 9.53 Å². The first-order valence-corrected chi connectivity index (χ1v) is 5.98. The number of imide groups is 1. The number of hydrogen-bond donors (Lipinski definition) is 2. The Bertz CT molecular complexity index is 515. The molecular formula is C13H16N2O5. The Kier molecular flexibility index (Phi) is 5.52. The number of esters is 1. The fraction of sp³-hybridized carbons (Fsp3) is 0.308. The Balaban J connectivity index is 2.76. The van der Waals surface area contributed by atoms with Gasteiger partial charge < -0.3 is 15.2 Å². The molecule has 3 amide bonds. The second kappa shape index (κ2) is 7.13. The molecule has 0 aliphatic rings. The van der Waals surface area contributed by atoms with Gasteiger partial charge in [0.1, 0.15) is 11.3 Å². The van der Waals surface area contributed by atoms with Crippen LogP contribution in [0.3, 0.4) is 0 Å². The maximum Gasteiger partial charge on any atom is 0.342 e. The molecule has 0 radical (unpaired) electrons. The molecule has 1 aromatic carbocycles. The lowest BCUT2D eigenvalue weighted by Crippen LogP contribution is -2.42. The summed E-state index contributed by atoms with van der Waals surface area (Å²) in [5, 5.41) is 1.83. The van der Waals surface area contributed by atoms with Gasteiger partial charge in [-0.2, -0.15) is 0 Å². The van der Waals surface area contributed by atoms with Crippen LogP contribution in [0.4, 0.5) is 4.79 Å². The summed E-state index contributed by atoms with van der Waals surface area (Å²) >= 11 is 0. The Morgan fingerprint density at radius 1 is 1.30 bits per heavy atom. The molecule has 0 fully saturated rings. The number of para-hydroxylation sites is 1. The van der Waals surface area contributed by atoms with Crippen LogP contribution >= 0.6 is 0 Å². The highest BCUT2D eigenvalue weighted by molar-refractivity contribution is 5.98. The van der Waals surface area contributed by atoms with E-state index in [2.05, 4.69) is 0 Å². The fourth-order valence-corrected chi connectivity index (χ4v) is 1.42. The average molecular weight is 280 g/mol. The third-order valence-corrected chi connectivity index (χ3v) is 2.31. The summed E-state index contributed by atoms with van der Waals surface area (Å²) in [5.74, 6) is -1.15. The van der Waals surface area contributed by atoms with E-state index in [0.717, 1.165) is 0 Å². The SMILES string of the molecule is CCOc1ccccc1C(=O)O[C@H](C)C(=O)NC(N)=O. The highest BCUT2D eigenvalue weighted by Gasteiger charge is 2.21. The fourth-order valence-electron chi connectivity index (χ4n) is 1.42. The van der Waals surface area contributed by atoms with Crippen molar-refractivity contribution in [1.82, 2.24) is 5.32 Å². The summed E-state index contributed by atoms with van der Waals surface area (Å²) in [4.78, 5) is 33.9. The molecule has 7 heteroatoms. The molecule has 0 unspecified atom stereocenters. The third kappa shape index (κ3) is 4.27. The monoisotopic (exact) mass is 280 g/mol. The second-order valence-corrected chi connectivity index (χ2v) is 3.83. The number of nitrogens with two attached hydrogens (primary N) is 1. The van der Waals surface area contributed by atoms with Crippen molar-refractivity contribution in [3.63, 3.8) is 0 Å². The maximum atomic E-state index is 11.9. The van der Waals surface area contributed by atoms with Gasteiger partial charge in [-0.05, 0) is 26.0 Å². The number of benzene rings is 1. The summed E-state index contributed by atoms with van der Waals surface area (Å²) in [7, 11) is 0. The first-order chi connectivity index (χ1) is 9.45. The normalized spacial score (nSPS) is 11.3. The van der Waals surface area contributed by atoms with Crippen LogP contribution in [0.1, 0.15) is 24.2 Å². The third-order valence-electron chi connectivity index (χ3n) is 2.31. The van der Waals surface area contributed by atoms with Crippen molar-refractivity contribution in [1.29, 1.82) is 0 Å². The number of urea groups is 1. The van der Waals surface area contributed by atoms with Gasteiger partial charge in [0.2, 0.25) is 0 Å². The number of hydrogen-bond acceptors (Lipinski definition) is 5. The number of carbonyl (C=O) groups excluding carboxylic acids is 3. The van der Waals surface area contributed by atoms with Crippen molar-refractivity contribution < 1.29 is 23.9 Å². The minimum absolute atomic E-state index is 0.202. The zero-order chi connectivity index (χ0) is 15.1. The largest absolute Gasteiger partial charge is 0.493 e. The number of primary amides is 1. The van der Waals surface area contributed by atoms with Gasteiger partial charge in [-0.25, -0.2) is 9.59 Å². The molecule has 0 aromatic heterocycles. The second-order valence-electron chi connectivity index (χ2n) is 3.83. The van der Waals surface area contributed by atoms with Gasteiger partial charge in [0.25, 0.3) is 5.91 Å². The van der Waals surface area contributed by atoms with Gasteiger partial charge in [0.15, 0.2) is 6.10 Å². The predicted molar refractivity (Wildman–Crippen MR) is 70.2 cm³/mol. The molecule has 0 aliphatic heterocycles. The zero-order valence-corrected chi connectivity index (χ0v) is 11.2. The molecule has 0 bridgehead atoms. The molecule has 0 saturated carbocycles. The highest BCUT2D eigenvalue weighted by atomic mass is 16.5. The van der Waals surface area contributed by atoms with E-state index >= 15 is 0 Å². The minimum atomic E-state index is -1.15. The first kappa shape index (κ1) is 15.5. The van der Waals surface area contributed by atoms with Gasteiger partial charge in [-0.15, -0.1) is 0 Å². The van der Waals surface area contributed by atoms with Crippen molar-refractivity contribution in [3.8, 4) is 5.75 Å². The van der Waals surface area contributed by atoms with E-state index in [4.69, 9.17) is 15.2 Å². The average Bonchev–Trinajstić information content (AvgIpc) is 2.38. The summed E-state index contributed by atoms with van der Waals surface area (Å²) in [6.45, 7) is 3.51. The Morgan fingerprint density at radius 2 is 1.95 bits per heavy atom. The molecule has 0 heterocycles. The van der Waals surface area contributed by atoms with E-state index in [9.17, 15) is 14.4 Å². The number of carbonyl (C=O) groups is 3. The lowest BCUT2D eigenvalue weighted by molar-refractivity contribution is -0.127. The van der Waals surface area contributed by atoms with E-state index in [-0.39, 0.29) is 5.56 Å². The number of ether oxygens (including phenoxy) is 2. The molecular weight excluding hydrogens is 264 g/mol. The smallest absolute Gasteiger partial charge is 0.342 e. The standard InChI is InChI=1S/C13H16N2O5/c1-3-19-10-7-5-4-6-9(10)12(17)20-8(2)11(16)15-13(14)18/h4-8H,3H2,1-2H3,(H3,14,15,16,18)/t8-/m1/s1. The van der Waals surface area contributed by atoms with E-state index in [1.54, 1.807) is 25.1 Å². The molecule has 3 N–H and O–H groups in total. The van der Waals surface area contributed by atoms with Crippen LogP contribution in [0.25, 0.3) is 0 Å². The van der Waals surface area contributed by atoms with E-state index < -0.39 is 24.0 Å². The lowest BCUT2D eigenvalue weighted by Gasteiger charge is -2.14. The van der Waals surface area contributed by atoms with Crippen LogP contribution in [0, 0.1) is 0 Å². The van der Waals surface area contributed by atoms with Crippen LogP contribution in [0.2, 0.25) is 0 Å². The summed E-state index contributed by atoms with van der Waals surface area (Å²) in [6, 6.07) is 5.49. The summed E-state index contributed by atoms with van der Waals surface area (Å²) in [5.41, 5.74) is 5.01. The van der Waals surface area contributed by atoms with Gasteiger partial charge in [0.05, 0.1) is 6.61 Å². The molecule has 1 aromatic rings. The Morgan fingerprint density at radius 3 is 2.55 bits per heavy atom. The highest BCUT2D eigenvalue weighted by Crippen LogP contribution is 2.19. The molecule has 20 heavy (non-hydrogen) atoms. The summed E-state index contributed by atoms with van der Waals surface area (Å²) < 4.78 is 10.2. The number of nitrogens with one attached hydrogen (secondary N) is 1. The van der Waals surface area contributed by atoms with Crippen molar-refractivity contribution in [2.24, 2.45) is 5.73 Å².